The molecule has 0 fully saturated rings. The van der Waals surface area contributed by atoms with Crippen molar-refractivity contribution in [1.29, 1.82) is 0 Å². The third-order valence-electron chi connectivity index (χ3n) is 10.1. The minimum Gasteiger partial charge on any atom is -0.544 e. The number of carbonyl (C=O) groups is 3. The van der Waals surface area contributed by atoms with Crippen LogP contribution in [0, 0.1) is 0 Å². The molecule has 0 amide bonds. The van der Waals surface area contributed by atoms with Crippen LogP contribution in [0.4, 0.5) is 0 Å². The van der Waals surface area contributed by atoms with Crippen molar-refractivity contribution in [2.75, 3.05) is 41.0 Å². The van der Waals surface area contributed by atoms with Crippen LogP contribution in [0.2, 0.25) is 0 Å². The van der Waals surface area contributed by atoms with E-state index in [4.69, 9.17) is 14.2 Å². The lowest BCUT2D eigenvalue weighted by molar-refractivity contribution is -0.889. The number of carboxylic acid groups (broad SMARTS) is 1. The Kier molecular flexibility index (Phi) is 39.8. The zero-order valence-electron chi connectivity index (χ0n) is 38.8. The monoisotopic (exact) mass is 838 g/mol. The molecule has 342 valence electrons. The first-order valence-corrected chi connectivity index (χ1v) is 23.6. The average Bonchev–Trinajstić information content (AvgIpc) is 3.21. The highest BCUT2D eigenvalue weighted by Crippen LogP contribution is 2.14. The van der Waals surface area contributed by atoms with E-state index >= 15 is 0 Å². The van der Waals surface area contributed by atoms with Crippen LogP contribution in [0.3, 0.4) is 0 Å². The molecule has 60 heavy (non-hydrogen) atoms. The summed E-state index contributed by atoms with van der Waals surface area (Å²) >= 11 is 0. The molecular formula is C52H87NO7. The molecular weight excluding hydrogens is 751 g/mol. The Bertz CT molecular complexity index is 1250. The van der Waals surface area contributed by atoms with Crippen LogP contribution in [0.1, 0.15) is 174 Å². The summed E-state index contributed by atoms with van der Waals surface area (Å²) in [6.07, 6.45) is 54.7. The van der Waals surface area contributed by atoms with Gasteiger partial charge in [-0.15, -0.1) is 0 Å². The second-order valence-electron chi connectivity index (χ2n) is 16.6. The molecule has 8 heteroatoms. The fourth-order valence-corrected chi connectivity index (χ4v) is 6.47. The van der Waals surface area contributed by atoms with E-state index in [-0.39, 0.29) is 42.7 Å². The number of hydrogen-bond acceptors (Lipinski definition) is 7. The molecule has 0 aliphatic carbocycles. The van der Waals surface area contributed by atoms with Gasteiger partial charge in [0.15, 0.2) is 6.10 Å². The van der Waals surface area contributed by atoms with Crippen molar-refractivity contribution >= 4 is 17.9 Å². The van der Waals surface area contributed by atoms with E-state index in [0.717, 1.165) is 96.3 Å². The summed E-state index contributed by atoms with van der Waals surface area (Å²) in [5.74, 6) is -1.78. The maximum Gasteiger partial charge on any atom is 0.306 e. The summed E-state index contributed by atoms with van der Waals surface area (Å²) in [6, 6.07) is -0.734. The Hall–Kier alpha value is -3.49. The molecule has 0 aliphatic heterocycles. The van der Waals surface area contributed by atoms with Gasteiger partial charge in [0.2, 0.25) is 0 Å². The van der Waals surface area contributed by atoms with Gasteiger partial charge in [0.1, 0.15) is 12.6 Å². The van der Waals surface area contributed by atoms with Gasteiger partial charge < -0.3 is 28.6 Å². The van der Waals surface area contributed by atoms with Crippen molar-refractivity contribution in [2.24, 2.45) is 0 Å². The van der Waals surface area contributed by atoms with Gasteiger partial charge in [0.05, 0.1) is 40.3 Å². The first kappa shape index (κ1) is 56.5. The molecule has 0 aromatic carbocycles. The van der Waals surface area contributed by atoms with Gasteiger partial charge in [-0.05, 0) is 70.6 Å². The number of carboxylic acids is 1. The van der Waals surface area contributed by atoms with E-state index in [1.807, 2.05) is 6.08 Å². The van der Waals surface area contributed by atoms with Crippen LogP contribution in [-0.4, -0.2) is 75.5 Å². The molecule has 0 heterocycles. The summed E-state index contributed by atoms with van der Waals surface area (Å²) in [5, 5.41) is 11.6. The third-order valence-corrected chi connectivity index (χ3v) is 10.1. The minimum atomic E-state index is -1.13. The number of allylic oxidation sites excluding steroid dienone is 14. The molecule has 0 radical (unpaired) electrons. The molecule has 0 saturated carbocycles. The summed E-state index contributed by atoms with van der Waals surface area (Å²) in [7, 11) is 5.39. The molecule has 0 aromatic rings. The zero-order chi connectivity index (χ0) is 44.2. The number of likely N-dealkylation sites (N-methyl/N-ethyl adjacent to an activating group) is 1. The smallest absolute Gasteiger partial charge is 0.306 e. The van der Waals surface area contributed by atoms with E-state index < -0.39 is 18.1 Å². The number of ether oxygens (including phenoxy) is 3. The van der Waals surface area contributed by atoms with Crippen LogP contribution in [0.5, 0.6) is 0 Å². The maximum atomic E-state index is 12.8. The van der Waals surface area contributed by atoms with Crippen LogP contribution in [-0.2, 0) is 28.6 Å². The SMILES string of the molecule is CC/C=C/C=C/C=C/CCCCCCCC(=O)OCC(COCCC(C(=O)[O-])[N+](C)(C)C)OC(=O)CCCCCCCCCCCC/C=C/C/C=C/C/C=C/C/C=C/CC. The molecule has 2 atom stereocenters. The van der Waals surface area contributed by atoms with Crippen molar-refractivity contribution in [3.8, 4) is 0 Å². The number of aliphatic carboxylic acids is 1. The number of rotatable bonds is 41. The first-order chi connectivity index (χ1) is 29.1. The van der Waals surface area contributed by atoms with E-state index in [1.54, 1.807) is 21.1 Å². The first-order valence-electron chi connectivity index (χ1n) is 23.6. The molecule has 0 aliphatic rings. The Labute approximate surface area is 367 Å². The van der Waals surface area contributed by atoms with Crippen molar-refractivity contribution in [3.63, 3.8) is 0 Å². The normalized spacial score (nSPS) is 13.7. The van der Waals surface area contributed by atoms with E-state index in [1.165, 1.54) is 44.9 Å². The summed E-state index contributed by atoms with van der Waals surface area (Å²) in [5.41, 5.74) is 0. The van der Waals surface area contributed by atoms with E-state index in [0.29, 0.717) is 12.8 Å². The third kappa shape index (κ3) is 39.9. The van der Waals surface area contributed by atoms with Crippen molar-refractivity contribution in [3.05, 3.63) is 85.1 Å². The van der Waals surface area contributed by atoms with Gasteiger partial charge in [-0.25, -0.2) is 0 Å². The highest BCUT2D eigenvalue weighted by atomic mass is 16.6. The minimum absolute atomic E-state index is 0.0278. The number of carbonyl (C=O) groups excluding carboxylic acids is 3. The summed E-state index contributed by atoms with van der Waals surface area (Å²) in [4.78, 5) is 36.9. The molecule has 0 rings (SSSR count). The van der Waals surface area contributed by atoms with Gasteiger partial charge in [-0.3, -0.25) is 9.59 Å². The second kappa shape index (κ2) is 42.2. The number of nitrogens with zero attached hydrogens (tertiary/aromatic N) is 1. The van der Waals surface area contributed by atoms with E-state index in [2.05, 4.69) is 92.8 Å². The fourth-order valence-electron chi connectivity index (χ4n) is 6.47. The largest absolute Gasteiger partial charge is 0.544 e. The van der Waals surface area contributed by atoms with Crippen molar-refractivity contribution in [1.82, 2.24) is 0 Å². The van der Waals surface area contributed by atoms with Gasteiger partial charge in [-0.2, -0.15) is 0 Å². The molecule has 0 aromatic heterocycles. The van der Waals surface area contributed by atoms with Gasteiger partial charge in [-0.1, -0.05) is 170 Å². The Morgan fingerprint density at radius 1 is 0.517 bits per heavy atom. The van der Waals surface area contributed by atoms with Gasteiger partial charge in [0, 0.05) is 19.3 Å². The standard InChI is InChI=1S/C52H87NO7/c1-6-8-10-12-14-16-18-20-21-22-23-24-25-26-27-28-29-31-33-35-37-39-41-43-51(55)60-48(46-58-45-44-49(52(56)57)53(3,4)5)47-59-50(54)42-40-38-36-34-32-30-19-17-15-13-11-9-7-2/h8-11,13-17,19-21,23-24,48-49H,6-7,12,18,22,25-47H2,1-5H3/b10-8+,11-9+,15-13+,16-14+,19-17+,21-20+,24-23+. The molecule has 0 N–H and O–H groups in total. The predicted molar refractivity (Wildman–Crippen MR) is 249 cm³/mol. The lowest BCUT2D eigenvalue weighted by atomic mass is 10.0. The molecule has 0 saturated heterocycles. The van der Waals surface area contributed by atoms with Crippen molar-refractivity contribution in [2.45, 2.75) is 187 Å². The van der Waals surface area contributed by atoms with Crippen LogP contribution >= 0.6 is 0 Å². The Balaban J connectivity index is 4.28. The highest BCUT2D eigenvalue weighted by Gasteiger charge is 2.25. The topological polar surface area (TPSA) is 102 Å². The van der Waals surface area contributed by atoms with Crippen LogP contribution in [0.15, 0.2) is 85.1 Å². The fraction of sp³-hybridized carbons (Fsp3) is 0.673. The highest BCUT2D eigenvalue weighted by molar-refractivity contribution is 5.70. The molecule has 8 nitrogen and oxygen atoms in total. The summed E-state index contributed by atoms with van der Waals surface area (Å²) in [6.45, 7) is 4.38. The Morgan fingerprint density at radius 3 is 1.48 bits per heavy atom. The van der Waals surface area contributed by atoms with Gasteiger partial charge >= 0.3 is 11.9 Å². The molecule has 2 unspecified atom stereocenters. The molecule has 0 spiro atoms. The predicted octanol–water partition coefficient (Wildman–Crippen LogP) is 12.0. The number of quaternary nitrogens is 1. The number of hydrogen-bond donors (Lipinski definition) is 0. The van der Waals surface area contributed by atoms with Crippen LogP contribution in [0.25, 0.3) is 0 Å². The number of unbranched alkanes of at least 4 members (excludes halogenated alkanes) is 15. The van der Waals surface area contributed by atoms with Gasteiger partial charge in [0.25, 0.3) is 0 Å². The average molecular weight is 838 g/mol. The lowest BCUT2D eigenvalue weighted by Crippen LogP contribution is -2.55. The van der Waals surface area contributed by atoms with E-state index in [9.17, 15) is 19.5 Å². The van der Waals surface area contributed by atoms with Crippen LogP contribution < -0.4 is 5.11 Å². The Morgan fingerprint density at radius 2 is 0.967 bits per heavy atom. The molecule has 0 bridgehead atoms. The summed E-state index contributed by atoms with van der Waals surface area (Å²) < 4.78 is 17.2. The van der Waals surface area contributed by atoms with Crippen molar-refractivity contribution < 1.29 is 38.2 Å². The quantitative estimate of drug-likeness (QED) is 0.0199. The lowest BCUT2D eigenvalue weighted by Gasteiger charge is -2.34. The maximum absolute atomic E-state index is 12.8. The number of esters is 2. The zero-order valence-corrected chi connectivity index (χ0v) is 38.8. The second-order valence-corrected chi connectivity index (χ2v) is 16.6.